The van der Waals surface area contributed by atoms with Crippen molar-refractivity contribution in [3.8, 4) is 0 Å². The maximum absolute atomic E-state index is 11.1. The van der Waals surface area contributed by atoms with E-state index in [0.29, 0.717) is 6.54 Å². The molecule has 16 heavy (non-hydrogen) atoms. The van der Waals surface area contributed by atoms with E-state index in [2.05, 4.69) is 5.32 Å². The van der Waals surface area contributed by atoms with Crippen LogP contribution in [0.15, 0.2) is 42.5 Å². The third kappa shape index (κ3) is 4.95. The third-order valence-corrected chi connectivity index (χ3v) is 1.93. The van der Waals surface area contributed by atoms with Gasteiger partial charge in [0.05, 0.1) is 0 Å². The first-order valence-electron chi connectivity index (χ1n) is 4.91. The van der Waals surface area contributed by atoms with E-state index in [-0.39, 0.29) is 0 Å². The second-order valence-corrected chi connectivity index (χ2v) is 3.20. The number of carbonyl (C=O) groups excluding carboxylic acids is 1. The van der Waals surface area contributed by atoms with Gasteiger partial charge in [-0.25, -0.2) is 4.79 Å². The molecule has 0 heterocycles. The van der Waals surface area contributed by atoms with E-state index >= 15 is 0 Å². The number of nitrogens with one attached hydrogen (secondary N) is 1. The molecule has 2 N–H and O–H groups in total. The first kappa shape index (κ1) is 12.0. The number of amides is 1. The van der Waals surface area contributed by atoms with E-state index in [1.54, 1.807) is 0 Å². The van der Waals surface area contributed by atoms with Crippen molar-refractivity contribution >= 4 is 11.9 Å². The molecule has 0 aliphatic heterocycles. The molecule has 0 fully saturated rings. The molecule has 4 heteroatoms. The lowest BCUT2D eigenvalue weighted by Crippen LogP contribution is -2.23. The van der Waals surface area contributed by atoms with Crippen molar-refractivity contribution < 1.29 is 14.7 Å². The van der Waals surface area contributed by atoms with E-state index in [4.69, 9.17) is 5.11 Å². The second kappa shape index (κ2) is 6.40. The van der Waals surface area contributed by atoms with E-state index in [1.165, 1.54) is 0 Å². The summed E-state index contributed by atoms with van der Waals surface area (Å²) < 4.78 is 0. The van der Waals surface area contributed by atoms with Gasteiger partial charge in [-0.2, -0.15) is 0 Å². The summed E-state index contributed by atoms with van der Waals surface area (Å²) in [7, 11) is 0. The van der Waals surface area contributed by atoms with Crippen molar-refractivity contribution in [1.29, 1.82) is 0 Å². The number of hydrogen-bond donors (Lipinski definition) is 2. The van der Waals surface area contributed by atoms with Gasteiger partial charge >= 0.3 is 5.97 Å². The first-order valence-corrected chi connectivity index (χ1v) is 4.91. The van der Waals surface area contributed by atoms with Crippen molar-refractivity contribution in [3.63, 3.8) is 0 Å². The molecule has 0 aromatic heterocycles. The number of benzene rings is 1. The number of carboxylic acids is 1. The first-order chi connectivity index (χ1) is 7.68. The quantitative estimate of drug-likeness (QED) is 0.725. The Morgan fingerprint density at radius 3 is 2.50 bits per heavy atom. The molecule has 0 saturated carbocycles. The lowest BCUT2D eigenvalue weighted by molar-refractivity contribution is -0.131. The summed E-state index contributed by atoms with van der Waals surface area (Å²) in [6.45, 7) is 0.493. The summed E-state index contributed by atoms with van der Waals surface area (Å²) in [6.07, 6.45) is 2.55. The highest BCUT2D eigenvalue weighted by Crippen LogP contribution is 1.97. The van der Waals surface area contributed by atoms with Gasteiger partial charge in [0.2, 0.25) is 5.91 Å². The highest BCUT2D eigenvalue weighted by molar-refractivity contribution is 5.93. The van der Waals surface area contributed by atoms with Gasteiger partial charge in [-0.05, 0) is 12.0 Å². The Hall–Kier alpha value is -2.10. The van der Waals surface area contributed by atoms with Crippen LogP contribution in [-0.2, 0) is 16.0 Å². The van der Waals surface area contributed by atoms with E-state index < -0.39 is 11.9 Å². The lowest BCUT2D eigenvalue weighted by atomic mass is 10.1. The van der Waals surface area contributed by atoms with Crippen LogP contribution in [-0.4, -0.2) is 23.5 Å². The predicted octanol–water partition coefficient (Wildman–Crippen LogP) is 0.986. The SMILES string of the molecule is O=C(O)/C=C/C(=O)NCCc1ccccc1. The van der Waals surface area contributed by atoms with Gasteiger partial charge in [0.15, 0.2) is 0 Å². The Morgan fingerprint density at radius 1 is 1.19 bits per heavy atom. The van der Waals surface area contributed by atoms with Crippen molar-refractivity contribution in [2.45, 2.75) is 6.42 Å². The fraction of sp³-hybridized carbons (Fsp3) is 0.167. The van der Waals surface area contributed by atoms with Crippen LogP contribution in [0.2, 0.25) is 0 Å². The number of aliphatic carboxylic acids is 1. The number of rotatable bonds is 5. The van der Waals surface area contributed by atoms with E-state index in [1.807, 2.05) is 30.3 Å². The fourth-order valence-electron chi connectivity index (χ4n) is 1.18. The van der Waals surface area contributed by atoms with Gasteiger partial charge < -0.3 is 10.4 Å². The standard InChI is InChI=1S/C12H13NO3/c14-11(6-7-12(15)16)13-9-8-10-4-2-1-3-5-10/h1-7H,8-9H2,(H,13,14)(H,15,16)/b7-6+. The maximum Gasteiger partial charge on any atom is 0.328 e. The highest BCUT2D eigenvalue weighted by atomic mass is 16.4. The molecule has 0 aliphatic rings. The van der Waals surface area contributed by atoms with Crippen LogP contribution >= 0.6 is 0 Å². The molecule has 0 bridgehead atoms. The zero-order valence-electron chi connectivity index (χ0n) is 8.72. The van der Waals surface area contributed by atoms with Crippen LogP contribution in [0, 0.1) is 0 Å². The van der Waals surface area contributed by atoms with Crippen molar-refractivity contribution in [1.82, 2.24) is 5.32 Å². The summed E-state index contributed by atoms with van der Waals surface area (Å²) in [4.78, 5) is 21.2. The van der Waals surface area contributed by atoms with Crippen LogP contribution in [0.3, 0.4) is 0 Å². The van der Waals surface area contributed by atoms with Crippen molar-refractivity contribution in [2.75, 3.05) is 6.54 Å². The molecule has 1 rings (SSSR count). The minimum Gasteiger partial charge on any atom is -0.478 e. The molecule has 0 atom stereocenters. The summed E-state index contributed by atoms with van der Waals surface area (Å²) in [5.41, 5.74) is 1.13. The average molecular weight is 219 g/mol. The molecule has 84 valence electrons. The fourth-order valence-corrected chi connectivity index (χ4v) is 1.18. The van der Waals surface area contributed by atoms with E-state index in [0.717, 1.165) is 24.1 Å². The van der Waals surface area contributed by atoms with Crippen molar-refractivity contribution in [3.05, 3.63) is 48.0 Å². The van der Waals surface area contributed by atoms with Crippen molar-refractivity contribution in [2.24, 2.45) is 0 Å². The number of hydrogen-bond acceptors (Lipinski definition) is 2. The Labute approximate surface area is 93.6 Å². The number of carbonyl (C=O) groups is 2. The summed E-state index contributed by atoms with van der Waals surface area (Å²) in [5.74, 6) is -1.52. The zero-order valence-corrected chi connectivity index (χ0v) is 8.72. The Balaban J connectivity index is 2.26. The Morgan fingerprint density at radius 2 is 1.88 bits per heavy atom. The lowest BCUT2D eigenvalue weighted by Gasteiger charge is -2.01. The second-order valence-electron chi connectivity index (χ2n) is 3.20. The van der Waals surface area contributed by atoms with Crippen LogP contribution in [0.1, 0.15) is 5.56 Å². The van der Waals surface area contributed by atoms with Crippen LogP contribution in [0.5, 0.6) is 0 Å². The molecule has 0 spiro atoms. The molecular weight excluding hydrogens is 206 g/mol. The topological polar surface area (TPSA) is 66.4 Å². The normalized spacial score (nSPS) is 10.2. The molecule has 4 nitrogen and oxygen atoms in total. The van der Waals surface area contributed by atoms with Gasteiger partial charge in [-0.3, -0.25) is 4.79 Å². The summed E-state index contributed by atoms with van der Waals surface area (Å²) in [6, 6.07) is 9.74. The summed E-state index contributed by atoms with van der Waals surface area (Å²) >= 11 is 0. The monoisotopic (exact) mass is 219 g/mol. The molecule has 1 aromatic rings. The molecule has 0 saturated heterocycles. The van der Waals surface area contributed by atoms with Gasteiger partial charge in [0, 0.05) is 18.7 Å². The maximum atomic E-state index is 11.1. The molecule has 1 aromatic carbocycles. The van der Waals surface area contributed by atoms with Gasteiger partial charge in [-0.15, -0.1) is 0 Å². The molecule has 0 radical (unpaired) electrons. The smallest absolute Gasteiger partial charge is 0.328 e. The largest absolute Gasteiger partial charge is 0.478 e. The van der Waals surface area contributed by atoms with Crippen LogP contribution in [0.25, 0.3) is 0 Å². The van der Waals surface area contributed by atoms with Gasteiger partial charge in [-0.1, -0.05) is 30.3 Å². The molecule has 0 aliphatic carbocycles. The third-order valence-electron chi connectivity index (χ3n) is 1.93. The zero-order chi connectivity index (χ0) is 11.8. The van der Waals surface area contributed by atoms with Gasteiger partial charge in [0.25, 0.3) is 0 Å². The molecule has 0 unspecified atom stereocenters. The minimum atomic E-state index is -1.13. The molecule has 1 amide bonds. The minimum absolute atomic E-state index is 0.390. The van der Waals surface area contributed by atoms with Crippen LogP contribution < -0.4 is 5.32 Å². The summed E-state index contributed by atoms with van der Waals surface area (Å²) in [5, 5.41) is 10.9. The number of carboxylic acid groups (broad SMARTS) is 1. The van der Waals surface area contributed by atoms with Gasteiger partial charge in [0.1, 0.15) is 0 Å². The highest BCUT2D eigenvalue weighted by Gasteiger charge is 1.96. The van der Waals surface area contributed by atoms with E-state index in [9.17, 15) is 9.59 Å². The predicted molar refractivity (Wildman–Crippen MR) is 59.9 cm³/mol. The molecular formula is C12H13NO3. The van der Waals surface area contributed by atoms with Crippen LogP contribution in [0.4, 0.5) is 0 Å². The Kier molecular flexibility index (Phi) is 4.79. The Bertz CT molecular complexity index is 385. The average Bonchev–Trinajstić information content (AvgIpc) is 2.28.